The van der Waals surface area contributed by atoms with E-state index < -0.39 is 16.4 Å². The van der Waals surface area contributed by atoms with Crippen LogP contribution in [0.2, 0.25) is 0 Å². The Balaban J connectivity index is 3.17. The molecule has 0 saturated carbocycles. The van der Waals surface area contributed by atoms with Crippen LogP contribution >= 0.6 is 15.9 Å². The summed E-state index contributed by atoms with van der Waals surface area (Å²) in [6.45, 7) is -2.93. The van der Waals surface area contributed by atoms with Crippen molar-refractivity contribution in [2.75, 3.05) is 6.26 Å². The summed E-state index contributed by atoms with van der Waals surface area (Å²) in [4.78, 5) is 0.0727. The third-order valence-electron chi connectivity index (χ3n) is 1.82. The molecule has 0 fully saturated rings. The van der Waals surface area contributed by atoms with Crippen LogP contribution in [0.5, 0.6) is 5.75 Å². The topological polar surface area (TPSA) is 43.4 Å². The molecule has 0 aliphatic carbocycles. The maximum Gasteiger partial charge on any atom is 0.387 e. The van der Waals surface area contributed by atoms with E-state index in [0.717, 1.165) is 6.26 Å². The van der Waals surface area contributed by atoms with E-state index in [1.165, 1.54) is 18.2 Å². The van der Waals surface area contributed by atoms with E-state index in [2.05, 4.69) is 20.7 Å². The maximum absolute atomic E-state index is 12.0. The summed E-state index contributed by atoms with van der Waals surface area (Å²) in [7, 11) is -3.34. The van der Waals surface area contributed by atoms with Crippen molar-refractivity contribution in [3.8, 4) is 5.75 Å². The minimum absolute atomic E-state index is 0.0284. The van der Waals surface area contributed by atoms with Gasteiger partial charge < -0.3 is 4.74 Å². The lowest BCUT2D eigenvalue weighted by molar-refractivity contribution is -0.0503. The van der Waals surface area contributed by atoms with E-state index in [1.54, 1.807) is 0 Å². The highest BCUT2D eigenvalue weighted by atomic mass is 79.9. The second-order valence-corrected chi connectivity index (χ2v) is 5.63. The molecular formula is C9H9BrF2O3S. The van der Waals surface area contributed by atoms with E-state index in [4.69, 9.17) is 0 Å². The fourth-order valence-corrected chi connectivity index (χ4v) is 2.21. The lowest BCUT2D eigenvalue weighted by Gasteiger charge is -2.10. The van der Waals surface area contributed by atoms with Crippen molar-refractivity contribution in [1.29, 1.82) is 0 Å². The number of hydrogen-bond donors (Lipinski definition) is 0. The molecule has 0 atom stereocenters. The predicted molar refractivity (Wildman–Crippen MR) is 58.8 cm³/mol. The first-order valence-electron chi connectivity index (χ1n) is 4.18. The zero-order valence-electron chi connectivity index (χ0n) is 8.28. The van der Waals surface area contributed by atoms with Crippen LogP contribution in [0.1, 0.15) is 5.56 Å². The Hall–Kier alpha value is -0.690. The Bertz CT molecular complexity index is 474. The van der Waals surface area contributed by atoms with Gasteiger partial charge in [0.05, 0.1) is 4.90 Å². The van der Waals surface area contributed by atoms with Gasteiger partial charge in [0.25, 0.3) is 0 Å². The number of alkyl halides is 3. The largest absolute Gasteiger partial charge is 0.435 e. The summed E-state index contributed by atoms with van der Waals surface area (Å²) in [5.41, 5.74) is 0.364. The first-order chi connectivity index (χ1) is 7.34. The van der Waals surface area contributed by atoms with Crippen LogP contribution in [0.25, 0.3) is 0 Å². The van der Waals surface area contributed by atoms with Gasteiger partial charge in [-0.15, -0.1) is 0 Å². The third kappa shape index (κ3) is 3.41. The molecule has 1 aromatic rings. The minimum atomic E-state index is -3.34. The number of sulfone groups is 1. The highest BCUT2D eigenvalue weighted by molar-refractivity contribution is 9.08. The van der Waals surface area contributed by atoms with Gasteiger partial charge in [0.15, 0.2) is 9.84 Å². The number of ether oxygens (including phenoxy) is 1. The summed E-state index contributed by atoms with van der Waals surface area (Å²) < 4.78 is 50.7. The van der Waals surface area contributed by atoms with Gasteiger partial charge in [0.1, 0.15) is 5.75 Å². The summed E-state index contributed by atoms with van der Waals surface area (Å²) in [6, 6.07) is 3.76. The molecule has 0 radical (unpaired) electrons. The normalized spacial score (nSPS) is 11.8. The summed E-state index contributed by atoms with van der Waals surface area (Å²) >= 11 is 3.08. The number of hydrogen-bond acceptors (Lipinski definition) is 3. The molecule has 7 heteroatoms. The molecule has 0 N–H and O–H groups in total. The molecule has 0 saturated heterocycles. The second kappa shape index (κ2) is 5.09. The van der Waals surface area contributed by atoms with Gasteiger partial charge in [-0.05, 0) is 18.2 Å². The molecule has 1 rings (SSSR count). The standard InChI is InChI=1S/C9H9BrF2O3S/c1-16(13,14)7-2-3-8(15-9(11)12)6(4-7)5-10/h2-4,9H,5H2,1H3. The van der Waals surface area contributed by atoms with Crippen LogP contribution in [0.4, 0.5) is 8.78 Å². The van der Waals surface area contributed by atoms with Crippen LogP contribution in [-0.4, -0.2) is 21.3 Å². The van der Waals surface area contributed by atoms with E-state index in [-0.39, 0.29) is 16.0 Å². The summed E-state index contributed by atoms with van der Waals surface area (Å²) in [5.74, 6) is -0.0284. The van der Waals surface area contributed by atoms with Gasteiger partial charge in [-0.2, -0.15) is 8.78 Å². The van der Waals surface area contributed by atoms with E-state index in [0.29, 0.717) is 5.56 Å². The highest BCUT2D eigenvalue weighted by Gasteiger charge is 2.13. The van der Waals surface area contributed by atoms with Crippen molar-refractivity contribution in [3.63, 3.8) is 0 Å². The van der Waals surface area contributed by atoms with Gasteiger partial charge in [-0.25, -0.2) is 8.42 Å². The van der Waals surface area contributed by atoms with Crippen molar-refractivity contribution in [2.24, 2.45) is 0 Å². The lowest BCUT2D eigenvalue weighted by Crippen LogP contribution is -2.05. The molecule has 0 spiro atoms. The average molecular weight is 315 g/mol. The Morgan fingerprint density at radius 2 is 2.06 bits per heavy atom. The number of rotatable bonds is 4. The monoisotopic (exact) mass is 314 g/mol. The predicted octanol–water partition coefficient (Wildman–Crippen LogP) is 2.59. The van der Waals surface area contributed by atoms with Gasteiger partial charge in [-0.3, -0.25) is 0 Å². The molecule has 0 aliphatic rings. The van der Waals surface area contributed by atoms with E-state index in [9.17, 15) is 17.2 Å². The smallest absolute Gasteiger partial charge is 0.387 e. The Morgan fingerprint density at radius 1 is 1.44 bits per heavy atom. The van der Waals surface area contributed by atoms with Crippen molar-refractivity contribution in [2.45, 2.75) is 16.8 Å². The fraction of sp³-hybridized carbons (Fsp3) is 0.333. The van der Waals surface area contributed by atoms with Gasteiger partial charge in [0.2, 0.25) is 0 Å². The number of benzene rings is 1. The SMILES string of the molecule is CS(=O)(=O)c1ccc(OC(F)F)c(CBr)c1. The second-order valence-electron chi connectivity index (χ2n) is 3.05. The van der Waals surface area contributed by atoms with Gasteiger partial charge >= 0.3 is 6.61 Å². The zero-order valence-corrected chi connectivity index (χ0v) is 10.7. The Morgan fingerprint density at radius 3 is 2.50 bits per heavy atom. The van der Waals surface area contributed by atoms with E-state index in [1.807, 2.05) is 0 Å². The molecule has 1 aromatic carbocycles. The Kier molecular flexibility index (Phi) is 4.26. The van der Waals surface area contributed by atoms with E-state index >= 15 is 0 Å². The lowest BCUT2D eigenvalue weighted by atomic mass is 10.2. The molecule has 3 nitrogen and oxygen atoms in total. The first-order valence-corrected chi connectivity index (χ1v) is 7.19. The average Bonchev–Trinajstić information content (AvgIpc) is 2.15. The van der Waals surface area contributed by atoms with Crippen molar-refractivity contribution in [3.05, 3.63) is 23.8 Å². The molecule has 90 valence electrons. The number of halogens is 3. The molecule has 0 aliphatic heterocycles. The Labute approximate surface area is 100 Å². The highest BCUT2D eigenvalue weighted by Crippen LogP contribution is 2.26. The zero-order chi connectivity index (χ0) is 12.3. The van der Waals surface area contributed by atoms with Crippen LogP contribution < -0.4 is 4.74 Å². The van der Waals surface area contributed by atoms with Crippen LogP contribution in [0, 0.1) is 0 Å². The minimum Gasteiger partial charge on any atom is -0.435 e. The molecule has 0 heterocycles. The van der Waals surface area contributed by atoms with Crippen molar-refractivity contribution in [1.82, 2.24) is 0 Å². The molecule has 0 unspecified atom stereocenters. The third-order valence-corrected chi connectivity index (χ3v) is 3.53. The molecular weight excluding hydrogens is 306 g/mol. The summed E-state index contributed by atoms with van der Waals surface area (Å²) in [5, 5.41) is 0.235. The van der Waals surface area contributed by atoms with Crippen LogP contribution in [0.15, 0.2) is 23.1 Å². The van der Waals surface area contributed by atoms with Gasteiger partial charge in [0, 0.05) is 17.1 Å². The van der Waals surface area contributed by atoms with Gasteiger partial charge in [-0.1, -0.05) is 15.9 Å². The first kappa shape index (κ1) is 13.4. The summed E-state index contributed by atoms with van der Waals surface area (Å²) in [6.07, 6.45) is 1.05. The molecule has 16 heavy (non-hydrogen) atoms. The molecule has 0 amide bonds. The quantitative estimate of drug-likeness (QED) is 0.802. The van der Waals surface area contributed by atoms with Crippen LogP contribution in [-0.2, 0) is 15.2 Å². The van der Waals surface area contributed by atoms with Crippen molar-refractivity contribution >= 4 is 25.8 Å². The molecule has 0 bridgehead atoms. The van der Waals surface area contributed by atoms with Crippen molar-refractivity contribution < 1.29 is 21.9 Å². The molecule has 0 aromatic heterocycles. The fourth-order valence-electron chi connectivity index (χ4n) is 1.10. The maximum atomic E-state index is 12.0. The van der Waals surface area contributed by atoms with Crippen LogP contribution in [0.3, 0.4) is 0 Å².